The third-order valence-corrected chi connectivity index (χ3v) is 3.42. The van der Waals surface area contributed by atoms with E-state index in [4.69, 9.17) is 8.74 Å². The lowest BCUT2D eigenvalue weighted by molar-refractivity contribution is 0.211. The van der Waals surface area contributed by atoms with E-state index in [1.807, 2.05) is 6.92 Å². The first-order valence-corrected chi connectivity index (χ1v) is 8.18. The van der Waals surface area contributed by atoms with E-state index >= 15 is 0 Å². The van der Waals surface area contributed by atoms with Crippen molar-refractivity contribution in [1.29, 1.82) is 0 Å². The topological polar surface area (TPSA) is 58.6 Å². The summed E-state index contributed by atoms with van der Waals surface area (Å²) in [6, 6.07) is 0. The number of unbranched alkanes of at least 4 members (excludes halogenated alkanes) is 6. The van der Waals surface area contributed by atoms with E-state index in [0.717, 1.165) is 19.5 Å². The summed E-state index contributed by atoms with van der Waals surface area (Å²) in [4.78, 5) is 0. The van der Waals surface area contributed by atoms with E-state index in [0.29, 0.717) is 0 Å². The summed E-state index contributed by atoms with van der Waals surface area (Å²) in [7, 11) is 0. The van der Waals surface area contributed by atoms with E-state index in [1.165, 1.54) is 44.9 Å². The van der Waals surface area contributed by atoms with Gasteiger partial charge in [-0.1, -0.05) is 45.4 Å². The lowest BCUT2D eigenvalue weighted by Crippen LogP contribution is -2.22. The van der Waals surface area contributed by atoms with E-state index < -0.39 is 11.4 Å². The van der Waals surface area contributed by atoms with Gasteiger partial charge in [-0.3, -0.25) is 8.74 Å². The molecule has 4 nitrogen and oxygen atoms in total. The van der Waals surface area contributed by atoms with Crippen molar-refractivity contribution in [2.24, 2.45) is 0 Å². The van der Waals surface area contributed by atoms with Crippen LogP contribution in [0.3, 0.4) is 0 Å². The maximum atomic E-state index is 10.4. The molecule has 0 aromatic rings. The fourth-order valence-corrected chi connectivity index (χ4v) is 2.20. The predicted molar refractivity (Wildman–Crippen MR) is 76.8 cm³/mol. The third-order valence-electron chi connectivity index (χ3n) is 2.93. The Morgan fingerprint density at radius 1 is 1.11 bits per heavy atom. The quantitative estimate of drug-likeness (QED) is 0.401. The fraction of sp³-hybridized carbons (Fsp3) is 1.00. The standard InChI is InChI=1S/C13H29NO3S/c1-3-4-5-6-7-8-9-11-14-12-10-13(2)17-18(15)16/h13-14H,3-12H2,1-2H3,(H,15,16). The second-order valence-corrected chi connectivity index (χ2v) is 5.41. The van der Waals surface area contributed by atoms with Crippen LogP contribution in [0.25, 0.3) is 0 Å². The first-order chi connectivity index (χ1) is 8.66. The van der Waals surface area contributed by atoms with Crippen molar-refractivity contribution in [3.8, 4) is 0 Å². The van der Waals surface area contributed by atoms with E-state index in [9.17, 15) is 4.21 Å². The minimum Gasteiger partial charge on any atom is -0.317 e. The third kappa shape index (κ3) is 14.1. The van der Waals surface area contributed by atoms with Crippen LogP contribution < -0.4 is 5.32 Å². The van der Waals surface area contributed by atoms with Crippen LogP contribution in [-0.4, -0.2) is 28.0 Å². The maximum absolute atomic E-state index is 10.4. The highest BCUT2D eigenvalue weighted by atomic mass is 32.2. The van der Waals surface area contributed by atoms with Crippen LogP contribution in [0, 0.1) is 0 Å². The van der Waals surface area contributed by atoms with Gasteiger partial charge in [0, 0.05) is 0 Å². The Hall–Kier alpha value is 0.0300. The van der Waals surface area contributed by atoms with Gasteiger partial charge in [-0.15, -0.1) is 0 Å². The molecular weight excluding hydrogens is 250 g/mol. The summed E-state index contributed by atoms with van der Waals surface area (Å²) in [5.41, 5.74) is 0. The average Bonchev–Trinajstić information content (AvgIpc) is 2.30. The van der Waals surface area contributed by atoms with Gasteiger partial charge in [0.05, 0.1) is 6.10 Å². The molecule has 0 saturated carbocycles. The van der Waals surface area contributed by atoms with Crippen LogP contribution in [0.2, 0.25) is 0 Å². The Balaban J connectivity index is 3.09. The maximum Gasteiger partial charge on any atom is 0.302 e. The summed E-state index contributed by atoms with van der Waals surface area (Å²) in [6.07, 6.45) is 9.85. The van der Waals surface area contributed by atoms with Crippen LogP contribution in [0.4, 0.5) is 0 Å². The van der Waals surface area contributed by atoms with Gasteiger partial charge < -0.3 is 5.32 Å². The molecule has 0 amide bonds. The summed E-state index contributed by atoms with van der Waals surface area (Å²) in [6.45, 7) is 5.92. The first kappa shape index (κ1) is 18.0. The van der Waals surface area contributed by atoms with Crippen molar-refractivity contribution in [3.63, 3.8) is 0 Å². The van der Waals surface area contributed by atoms with Crippen LogP contribution in [-0.2, 0) is 15.5 Å². The minimum atomic E-state index is -2.14. The summed E-state index contributed by atoms with van der Waals surface area (Å²) >= 11 is -2.14. The Labute approximate surface area is 114 Å². The Bertz CT molecular complexity index is 203. The summed E-state index contributed by atoms with van der Waals surface area (Å²) in [5.74, 6) is 0. The number of hydrogen-bond acceptors (Lipinski definition) is 3. The lowest BCUT2D eigenvalue weighted by atomic mass is 10.1. The first-order valence-electron chi connectivity index (χ1n) is 7.15. The van der Waals surface area contributed by atoms with Crippen molar-refractivity contribution in [1.82, 2.24) is 5.32 Å². The molecule has 0 aromatic carbocycles. The molecule has 0 heterocycles. The van der Waals surface area contributed by atoms with Crippen molar-refractivity contribution < 1.29 is 12.9 Å². The smallest absolute Gasteiger partial charge is 0.302 e. The highest BCUT2D eigenvalue weighted by Gasteiger charge is 2.04. The van der Waals surface area contributed by atoms with Crippen molar-refractivity contribution in [2.75, 3.05) is 13.1 Å². The Morgan fingerprint density at radius 3 is 2.33 bits per heavy atom. The van der Waals surface area contributed by atoms with Gasteiger partial charge in [0.1, 0.15) is 0 Å². The van der Waals surface area contributed by atoms with Crippen LogP contribution >= 0.6 is 0 Å². The molecule has 18 heavy (non-hydrogen) atoms. The van der Waals surface area contributed by atoms with Gasteiger partial charge in [0.25, 0.3) is 0 Å². The van der Waals surface area contributed by atoms with Crippen LogP contribution in [0.1, 0.15) is 65.2 Å². The molecule has 0 spiro atoms. The zero-order valence-electron chi connectivity index (χ0n) is 11.8. The lowest BCUT2D eigenvalue weighted by Gasteiger charge is -2.09. The molecule has 0 rings (SSSR count). The molecule has 0 fully saturated rings. The molecule has 2 N–H and O–H groups in total. The molecule has 0 bridgehead atoms. The zero-order valence-corrected chi connectivity index (χ0v) is 12.6. The number of hydrogen-bond donors (Lipinski definition) is 2. The Kier molecular flexibility index (Phi) is 13.5. The number of nitrogens with one attached hydrogen (secondary N) is 1. The van der Waals surface area contributed by atoms with Gasteiger partial charge in [0.2, 0.25) is 0 Å². The predicted octanol–water partition coefficient (Wildman–Crippen LogP) is 3.26. The molecule has 5 heteroatoms. The molecule has 0 saturated heterocycles. The second kappa shape index (κ2) is 13.5. The monoisotopic (exact) mass is 279 g/mol. The SMILES string of the molecule is CCCCCCCCCNCCC(C)OS(=O)O. The highest BCUT2D eigenvalue weighted by molar-refractivity contribution is 7.74. The van der Waals surface area contributed by atoms with Gasteiger partial charge in [-0.05, 0) is 32.9 Å². The van der Waals surface area contributed by atoms with E-state index in [-0.39, 0.29) is 6.10 Å². The van der Waals surface area contributed by atoms with Gasteiger partial charge in [0.15, 0.2) is 0 Å². The Morgan fingerprint density at radius 2 is 1.72 bits per heavy atom. The van der Waals surface area contributed by atoms with Crippen molar-refractivity contribution in [2.45, 2.75) is 71.3 Å². The fourth-order valence-electron chi connectivity index (χ4n) is 1.83. The van der Waals surface area contributed by atoms with Gasteiger partial charge in [-0.25, -0.2) is 0 Å². The molecule has 0 aliphatic heterocycles. The molecule has 2 atom stereocenters. The van der Waals surface area contributed by atoms with Crippen molar-refractivity contribution >= 4 is 11.4 Å². The molecule has 0 aliphatic carbocycles. The average molecular weight is 279 g/mol. The van der Waals surface area contributed by atoms with Crippen molar-refractivity contribution in [3.05, 3.63) is 0 Å². The van der Waals surface area contributed by atoms with Crippen LogP contribution in [0.15, 0.2) is 0 Å². The minimum absolute atomic E-state index is 0.169. The molecule has 110 valence electrons. The van der Waals surface area contributed by atoms with Gasteiger partial charge in [-0.2, -0.15) is 4.21 Å². The molecule has 0 radical (unpaired) electrons. The summed E-state index contributed by atoms with van der Waals surface area (Å²) in [5, 5.41) is 3.33. The normalized spacial score (nSPS) is 14.6. The van der Waals surface area contributed by atoms with E-state index in [1.54, 1.807) is 0 Å². The highest BCUT2D eigenvalue weighted by Crippen LogP contribution is 2.06. The largest absolute Gasteiger partial charge is 0.317 e. The zero-order chi connectivity index (χ0) is 13.6. The molecule has 2 unspecified atom stereocenters. The summed E-state index contributed by atoms with van der Waals surface area (Å²) < 4.78 is 23.6. The molecular formula is C13H29NO3S. The molecule has 0 aromatic heterocycles. The molecule has 0 aliphatic rings. The second-order valence-electron chi connectivity index (χ2n) is 4.78. The van der Waals surface area contributed by atoms with Gasteiger partial charge >= 0.3 is 11.4 Å². The van der Waals surface area contributed by atoms with Crippen LogP contribution in [0.5, 0.6) is 0 Å². The number of rotatable bonds is 13. The van der Waals surface area contributed by atoms with E-state index in [2.05, 4.69) is 12.2 Å².